The van der Waals surface area contributed by atoms with Crippen molar-refractivity contribution in [3.8, 4) is 0 Å². The van der Waals surface area contributed by atoms with Crippen molar-refractivity contribution in [1.82, 2.24) is 0 Å². The SMILES string of the molecule is CC(C)(C)OCCN=C(c1ccccc1)c1ccccc1. The summed E-state index contributed by atoms with van der Waals surface area (Å²) in [6.07, 6.45) is 0. The van der Waals surface area contributed by atoms with E-state index in [1.54, 1.807) is 0 Å². The molecular weight excluding hydrogens is 258 g/mol. The standard InChI is InChI=1S/C19H23NO/c1-19(2,3)21-15-14-20-18(16-10-6-4-7-11-16)17-12-8-5-9-13-17/h4-13H,14-15H2,1-3H3. The summed E-state index contributed by atoms with van der Waals surface area (Å²) in [5, 5.41) is 0. The van der Waals surface area contributed by atoms with E-state index in [2.05, 4.69) is 45.0 Å². The molecule has 0 aliphatic carbocycles. The topological polar surface area (TPSA) is 21.6 Å². The first-order valence-corrected chi connectivity index (χ1v) is 7.35. The molecule has 0 bridgehead atoms. The van der Waals surface area contributed by atoms with E-state index in [9.17, 15) is 0 Å². The van der Waals surface area contributed by atoms with Gasteiger partial charge in [-0.15, -0.1) is 0 Å². The molecule has 0 spiro atoms. The minimum absolute atomic E-state index is 0.116. The van der Waals surface area contributed by atoms with Crippen LogP contribution in [0.25, 0.3) is 0 Å². The Morgan fingerprint density at radius 3 is 1.76 bits per heavy atom. The smallest absolute Gasteiger partial charge is 0.0719 e. The van der Waals surface area contributed by atoms with Gasteiger partial charge in [0.15, 0.2) is 0 Å². The van der Waals surface area contributed by atoms with Crippen molar-refractivity contribution in [3.05, 3.63) is 71.8 Å². The van der Waals surface area contributed by atoms with E-state index in [4.69, 9.17) is 9.73 Å². The van der Waals surface area contributed by atoms with Crippen LogP contribution in [0.3, 0.4) is 0 Å². The number of rotatable bonds is 5. The molecule has 0 amide bonds. The molecule has 0 heterocycles. The fourth-order valence-corrected chi connectivity index (χ4v) is 2.05. The Kier molecular flexibility index (Phi) is 5.29. The van der Waals surface area contributed by atoms with Crippen molar-refractivity contribution in [2.45, 2.75) is 26.4 Å². The molecule has 0 saturated carbocycles. The summed E-state index contributed by atoms with van der Waals surface area (Å²) in [4.78, 5) is 4.76. The van der Waals surface area contributed by atoms with Crippen LogP contribution in [-0.2, 0) is 4.74 Å². The molecule has 2 rings (SSSR count). The second kappa shape index (κ2) is 7.19. The lowest BCUT2D eigenvalue weighted by molar-refractivity contribution is 0.00214. The van der Waals surface area contributed by atoms with Crippen LogP contribution in [0, 0.1) is 0 Å². The fourth-order valence-electron chi connectivity index (χ4n) is 2.05. The zero-order valence-corrected chi connectivity index (χ0v) is 13.0. The van der Waals surface area contributed by atoms with Crippen LogP contribution in [0.15, 0.2) is 65.7 Å². The lowest BCUT2D eigenvalue weighted by Crippen LogP contribution is -2.21. The second-order valence-corrected chi connectivity index (χ2v) is 5.92. The Labute approximate surface area is 127 Å². The van der Waals surface area contributed by atoms with Crippen molar-refractivity contribution in [1.29, 1.82) is 0 Å². The van der Waals surface area contributed by atoms with Crippen LogP contribution in [0.5, 0.6) is 0 Å². The maximum atomic E-state index is 5.74. The van der Waals surface area contributed by atoms with Gasteiger partial charge in [-0.2, -0.15) is 0 Å². The van der Waals surface area contributed by atoms with E-state index in [0.717, 1.165) is 16.8 Å². The highest BCUT2D eigenvalue weighted by Crippen LogP contribution is 2.11. The lowest BCUT2D eigenvalue weighted by Gasteiger charge is -2.18. The highest BCUT2D eigenvalue weighted by atomic mass is 16.5. The van der Waals surface area contributed by atoms with Gasteiger partial charge in [-0.3, -0.25) is 4.99 Å². The van der Waals surface area contributed by atoms with Crippen LogP contribution in [0.4, 0.5) is 0 Å². The Morgan fingerprint density at radius 1 is 0.857 bits per heavy atom. The molecule has 0 aliphatic rings. The average molecular weight is 281 g/mol. The molecule has 0 unspecified atom stereocenters. The summed E-state index contributed by atoms with van der Waals surface area (Å²) >= 11 is 0. The van der Waals surface area contributed by atoms with Gasteiger partial charge >= 0.3 is 0 Å². The van der Waals surface area contributed by atoms with Gasteiger partial charge in [-0.1, -0.05) is 60.7 Å². The maximum Gasteiger partial charge on any atom is 0.0719 e. The molecule has 110 valence electrons. The molecule has 0 radical (unpaired) electrons. The Hall–Kier alpha value is -1.93. The zero-order valence-electron chi connectivity index (χ0n) is 13.0. The normalized spacial score (nSPS) is 11.2. The first kappa shape index (κ1) is 15.5. The highest BCUT2D eigenvalue weighted by molar-refractivity contribution is 6.12. The molecule has 2 aromatic carbocycles. The molecule has 0 atom stereocenters. The van der Waals surface area contributed by atoms with Gasteiger partial charge in [0, 0.05) is 11.1 Å². The lowest BCUT2D eigenvalue weighted by atomic mass is 10.0. The molecule has 2 nitrogen and oxygen atoms in total. The summed E-state index contributed by atoms with van der Waals surface area (Å²) in [5.74, 6) is 0. The quantitative estimate of drug-likeness (QED) is 0.590. The number of aliphatic imine (C=N–C) groups is 1. The summed E-state index contributed by atoms with van der Waals surface area (Å²) in [6, 6.07) is 20.6. The van der Waals surface area contributed by atoms with Crippen molar-refractivity contribution >= 4 is 5.71 Å². The Balaban J connectivity index is 2.17. The van der Waals surface area contributed by atoms with Gasteiger partial charge in [0.05, 0.1) is 24.5 Å². The van der Waals surface area contributed by atoms with Crippen LogP contribution in [0.2, 0.25) is 0 Å². The molecule has 0 saturated heterocycles. The largest absolute Gasteiger partial charge is 0.374 e. The molecule has 0 fully saturated rings. The predicted molar refractivity (Wildman–Crippen MR) is 89.1 cm³/mol. The highest BCUT2D eigenvalue weighted by Gasteiger charge is 2.10. The summed E-state index contributed by atoms with van der Waals surface area (Å²) in [6.45, 7) is 7.48. The van der Waals surface area contributed by atoms with Gasteiger partial charge in [0.2, 0.25) is 0 Å². The predicted octanol–water partition coefficient (Wildman–Crippen LogP) is 4.34. The summed E-state index contributed by atoms with van der Waals surface area (Å²) in [5.41, 5.74) is 3.18. The fraction of sp³-hybridized carbons (Fsp3) is 0.316. The number of ether oxygens (including phenoxy) is 1. The van der Waals surface area contributed by atoms with Gasteiger partial charge in [0.25, 0.3) is 0 Å². The Morgan fingerprint density at radius 2 is 1.33 bits per heavy atom. The van der Waals surface area contributed by atoms with Gasteiger partial charge in [-0.05, 0) is 20.8 Å². The third-order valence-electron chi connectivity index (χ3n) is 2.99. The van der Waals surface area contributed by atoms with E-state index in [1.807, 2.05) is 36.4 Å². The summed E-state index contributed by atoms with van der Waals surface area (Å²) in [7, 11) is 0. The van der Waals surface area contributed by atoms with Crippen molar-refractivity contribution in [2.24, 2.45) is 4.99 Å². The van der Waals surface area contributed by atoms with Gasteiger partial charge < -0.3 is 4.74 Å². The van der Waals surface area contributed by atoms with Crippen LogP contribution >= 0.6 is 0 Å². The monoisotopic (exact) mass is 281 g/mol. The molecule has 21 heavy (non-hydrogen) atoms. The van der Waals surface area contributed by atoms with Gasteiger partial charge in [-0.25, -0.2) is 0 Å². The van der Waals surface area contributed by atoms with Gasteiger partial charge in [0.1, 0.15) is 0 Å². The van der Waals surface area contributed by atoms with Crippen molar-refractivity contribution < 1.29 is 4.74 Å². The first-order valence-electron chi connectivity index (χ1n) is 7.35. The average Bonchev–Trinajstić information content (AvgIpc) is 2.48. The molecular formula is C19H23NO. The van der Waals surface area contributed by atoms with Crippen molar-refractivity contribution in [3.63, 3.8) is 0 Å². The van der Waals surface area contributed by atoms with E-state index in [0.29, 0.717) is 13.2 Å². The van der Waals surface area contributed by atoms with Crippen LogP contribution in [0.1, 0.15) is 31.9 Å². The molecule has 0 aliphatic heterocycles. The number of benzene rings is 2. The zero-order chi connectivity index (χ0) is 15.1. The number of hydrogen-bond acceptors (Lipinski definition) is 2. The summed E-state index contributed by atoms with van der Waals surface area (Å²) < 4.78 is 5.74. The van der Waals surface area contributed by atoms with E-state index in [1.165, 1.54) is 0 Å². The minimum Gasteiger partial charge on any atom is -0.374 e. The third-order valence-corrected chi connectivity index (χ3v) is 2.99. The Bertz CT molecular complexity index is 526. The minimum atomic E-state index is -0.116. The van der Waals surface area contributed by atoms with E-state index < -0.39 is 0 Å². The van der Waals surface area contributed by atoms with Crippen LogP contribution in [-0.4, -0.2) is 24.5 Å². The molecule has 0 aromatic heterocycles. The van der Waals surface area contributed by atoms with E-state index >= 15 is 0 Å². The molecule has 2 aromatic rings. The van der Waals surface area contributed by atoms with Crippen LogP contribution < -0.4 is 0 Å². The molecule has 0 N–H and O–H groups in total. The number of hydrogen-bond donors (Lipinski definition) is 0. The maximum absolute atomic E-state index is 5.74. The van der Waals surface area contributed by atoms with Crippen molar-refractivity contribution in [2.75, 3.05) is 13.2 Å². The molecule has 2 heteroatoms. The first-order chi connectivity index (χ1) is 10.1. The number of nitrogens with zero attached hydrogens (tertiary/aromatic N) is 1. The second-order valence-electron chi connectivity index (χ2n) is 5.92. The van der Waals surface area contributed by atoms with E-state index in [-0.39, 0.29) is 5.60 Å². The third kappa shape index (κ3) is 5.16.